The molecule has 0 spiro atoms. The first-order chi connectivity index (χ1) is 9.93. The summed E-state index contributed by atoms with van der Waals surface area (Å²) >= 11 is 3.22. The van der Waals surface area contributed by atoms with Crippen molar-refractivity contribution in [2.45, 2.75) is 12.5 Å². The molecule has 1 aromatic carbocycles. The highest BCUT2D eigenvalue weighted by molar-refractivity contribution is 9.10. The van der Waals surface area contributed by atoms with Gasteiger partial charge in [0.15, 0.2) is 5.60 Å². The summed E-state index contributed by atoms with van der Waals surface area (Å²) in [6, 6.07) is 10.1. The van der Waals surface area contributed by atoms with Crippen LogP contribution in [0.15, 0.2) is 47.2 Å². The van der Waals surface area contributed by atoms with Crippen LogP contribution in [0, 0.1) is 0 Å². The van der Waals surface area contributed by atoms with Crippen LogP contribution in [-0.2, 0) is 10.4 Å². The Hall–Kier alpha value is -1.92. The zero-order valence-corrected chi connectivity index (χ0v) is 13.2. The van der Waals surface area contributed by atoms with Crippen LogP contribution < -0.4 is 10.1 Å². The Balaban J connectivity index is 2.23. The minimum absolute atomic E-state index is 0.451. The number of halogens is 1. The maximum atomic E-state index is 12.3. The lowest BCUT2D eigenvalue weighted by atomic mass is 9.95. The summed E-state index contributed by atoms with van der Waals surface area (Å²) in [7, 11) is 1.53. The predicted molar refractivity (Wildman–Crippen MR) is 83.1 cm³/mol. The third-order valence-corrected chi connectivity index (χ3v) is 3.49. The van der Waals surface area contributed by atoms with E-state index in [2.05, 4.69) is 26.2 Å². The molecule has 0 bridgehead atoms. The van der Waals surface area contributed by atoms with Gasteiger partial charge in [0.1, 0.15) is 10.4 Å². The summed E-state index contributed by atoms with van der Waals surface area (Å²) in [4.78, 5) is 16.3. The lowest BCUT2D eigenvalue weighted by Crippen LogP contribution is -2.37. The van der Waals surface area contributed by atoms with Crippen LogP contribution >= 0.6 is 15.9 Å². The van der Waals surface area contributed by atoms with Gasteiger partial charge in [0.2, 0.25) is 0 Å². The number of hydrogen-bond donors (Lipinski definition) is 2. The number of nitrogens with zero attached hydrogens (tertiary/aromatic N) is 1. The molecule has 2 aromatic rings. The molecule has 2 N–H and O–H groups in total. The van der Waals surface area contributed by atoms with Crippen LogP contribution in [0.1, 0.15) is 12.5 Å². The maximum absolute atomic E-state index is 12.3. The number of amides is 1. The van der Waals surface area contributed by atoms with Crippen molar-refractivity contribution in [3.63, 3.8) is 0 Å². The molecule has 1 amide bonds. The Morgan fingerprint density at radius 1 is 1.38 bits per heavy atom. The monoisotopic (exact) mass is 350 g/mol. The first-order valence-electron chi connectivity index (χ1n) is 6.23. The minimum Gasteiger partial charge on any atom is -0.497 e. The third-order valence-electron chi connectivity index (χ3n) is 3.06. The zero-order valence-electron chi connectivity index (χ0n) is 11.6. The van der Waals surface area contributed by atoms with Crippen molar-refractivity contribution < 1.29 is 14.6 Å². The fourth-order valence-corrected chi connectivity index (χ4v) is 2.15. The Kier molecular flexibility index (Phi) is 4.59. The predicted octanol–water partition coefficient (Wildman–Crippen LogP) is 2.70. The molecule has 1 aromatic heterocycles. The maximum Gasteiger partial charge on any atom is 0.260 e. The number of rotatable bonds is 4. The van der Waals surface area contributed by atoms with Gasteiger partial charge in [-0.15, -0.1) is 0 Å². The van der Waals surface area contributed by atoms with Crippen LogP contribution in [0.2, 0.25) is 0 Å². The first kappa shape index (κ1) is 15.5. The molecule has 1 atom stereocenters. The number of aromatic nitrogens is 1. The number of carbonyl (C=O) groups is 1. The SMILES string of the molecule is COc1cccc(C(C)(O)C(=O)Nc2ccnc(Br)c2)c1. The Morgan fingerprint density at radius 3 is 2.81 bits per heavy atom. The van der Waals surface area contributed by atoms with E-state index in [9.17, 15) is 9.90 Å². The smallest absolute Gasteiger partial charge is 0.260 e. The van der Waals surface area contributed by atoms with E-state index < -0.39 is 11.5 Å². The fourth-order valence-electron chi connectivity index (χ4n) is 1.79. The molecule has 5 nitrogen and oxygen atoms in total. The number of benzene rings is 1. The molecule has 1 heterocycles. The van der Waals surface area contributed by atoms with Gasteiger partial charge >= 0.3 is 0 Å². The molecule has 0 saturated carbocycles. The molecule has 0 radical (unpaired) electrons. The zero-order chi connectivity index (χ0) is 15.5. The first-order valence-corrected chi connectivity index (χ1v) is 7.02. The number of carbonyl (C=O) groups excluding carboxylic acids is 1. The van der Waals surface area contributed by atoms with Gasteiger partial charge in [-0.25, -0.2) is 4.98 Å². The van der Waals surface area contributed by atoms with Crippen molar-refractivity contribution in [1.82, 2.24) is 4.98 Å². The molecule has 21 heavy (non-hydrogen) atoms. The second kappa shape index (κ2) is 6.24. The van der Waals surface area contributed by atoms with Crippen LogP contribution in [0.5, 0.6) is 5.75 Å². The summed E-state index contributed by atoms with van der Waals surface area (Å²) < 4.78 is 5.70. The molecule has 6 heteroatoms. The second-order valence-corrected chi connectivity index (χ2v) is 5.44. The van der Waals surface area contributed by atoms with Gasteiger partial charge in [-0.2, -0.15) is 0 Å². The van der Waals surface area contributed by atoms with E-state index in [4.69, 9.17) is 4.74 Å². The van der Waals surface area contributed by atoms with E-state index in [-0.39, 0.29) is 0 Å². The van der Waals surface area contributed by atoms with Crippen LogP contribution in [-0.4, -0.2) is 23.1 Å². The Labute approximate surface area is 131 Å². The molecular formula is C15H15BrN2O3. The van der Waals surface area contributed by atoms with Crippen LogP contribution in [0.3, 0.4) is 0 Å². The van der Waals surface area contributed by atoms with Gasteiger partial charge in [-0.05, 0) is 52.7 Å². The van der Waals surface area contributed by atoms with Crippen molar-refractivity contribution in [2.24, 2.45) is 0 Å². The average Bonchev–Trinajstić information content (AvgIpc) is 2.47. The molecule has 0 saturated heterocycles. The summed E-state index contributed by atoms with van der Waals surface area (Å²) in [5.41, 5.74) is -0.679. The van der Waals surface area contributed by atoms with Crippen LogP contribution in [0.4, 0.5) is 5.69 Å². The van der Waals surface area contributed by atoms with Gasteiger partial charge in [0, 0.05) is 11.9 Å². The second-order valence-electron chi connectivity index (χ2n) is 4.63. The highest BCUT2D eigenvalue weighted by Gasteiger charge is 2.32. The standard InChI is InChI=1S/C15H15BrN2O3/c1-15(20,10-4-3-5-12(8-10)21-2)14(19)18-11-6-7-17-13(16)9-11/h3-9,20H,1-2H3,(H,17,18,19). The quantitative estimate of drug-likeness (QED) is 0.831. The molecule has 0 fully saturated rings. The van der Waals surface area contributed by atoms with Crippen molar-refractivity contribution in [2.75, 3.05) is 12.4 Å². The normalized spacial score (nSPS) is 13.3. The summed E-state index contributed by atoms with van der Waals surface area (Å²) in [5.74, 6) is 0.0427. The van der Waals surface area contributed by atoms with Gasteiger partial charge < -0.3 is 15.2 Å². The van der Waals surface area contributed by atoms with Crippen molar-refractivity contribution in [3.05, 3.63) is 52.8 Å². The van der Waals surface area contributed by atoms with E-state index in [0.29, 0.717) is 21.6 Å². The molecule has 0 aliphatic rings. The fraction of sp³-hybridized carbons (Fsp3) is 0.200. The number of methoxy groups -OCH3 is 1. The molecule has 0 aliphatic heterocycles. The summed E-state index contributed by atoms with van der Waals surface area (Å²) in [6.45, 7) is 1.44. The number of hydrogen-bond acceptors (Lipinski definition) is 4. The molecule has 2 rings (SSSR count). The molecular weight excluding hydrogens is 336 g/mol. The number of ether oxygens (including phenoxy) is 1. The minimum atomic E-state index is -1.68. The van der Waals surface area contributed by atoms with Crippen molar-refractivity contribution >= 4 is 27.5 Å². The van der Waals surface area contributed by atoms with Crippen molar-refractivity contribution in [3.8, 4) is 5.75 Å². The highest BCUT2D eigenvalue weighted by atomic mass is 79.9. The highest BCUT2D eigenvalue weighted by Crippen LogP contribution is 2.26. The van der Waals surface area contributed by atoms with Gasteiger partial charge in [0.05, 0.1) is 7.11 Å². The number of nitrogens with one attached hydrogen (secondary N) is 1. The Bertz CT molecular complexity index is 659. The molecule has 0 aliphatic carbocycles. The van der Waals surface area contributed by atoms with E-state index in [1.165, 1.54) is 14.0 Å². The summed E-state index contributed by atoms with van der Waals surface area (Å²) in [5, 5.41) is 13.2. The number of anilines is 1. The van der Waals surface area contributed by atoms with Crippen molar-refractivity contribution in [1.29, 1.82) is 0 Å². The van der Waals surface area contributed by atoms with Crippen LogP contribution in [0.25, 0.3) is 0 Å². The molecule has 1 unspecified atom stereocenters. The Morgan fingerprint density at radius 2 is 2.14 bits per heavy atom. The van der Waals surface area contributed by atoms with E-state index in [0.717, 1.165) is 0 Å². The van der Waals surface area contributed by atoms with Gasteiger partial charge in [-0.3, -0.25) is 4.79 Å². The van der Waals surface area contributed by atoms with Gasteiger partial charge in [0.25, 0.3) is 5.91 Å². The third kappa shape index (κ3) is 3.59. The topological polar surface area (TPSA) is 71.5 Å². The van der Waals surface area contributed by atoms with E-state index in [1.807, 2.05) is 0 Å². The lowest BCUT2D eigenvalue weighted by Gasteiger charge is -2.23. The summed E-state index contributed by atoms with van der Waals surface area (Å²) in [6.07, 6.45) is 1.56. The van der Waals surface area contributed by atoms with E-state index in [1.54, 1.807) is 42.6 Å². The molecule has 110 valence electrons. The average molecular weight is 351 g/mol. The largest absolute Gasteiger partial charge is 0.497 e. The van der Waals surface area contributed by atoms with E-state index >= 15 is 0 Å². The number of aliphatic hydroxyl groups is 1. The number of pyridine rings is 1. The lowest BCUT2D eigenvalue weighted by molar-refractivity contribution is -0.133. The van der Waals surface area contributed by atoms with Gasteiger partial charge in [-0.1, -0.05) is 12.1 Å².